The molecule has 1 aliphatic carbocycles. The van der Waals surface area contributed by atoms with Crippen molar-refractivity contribution in [2.45, 2.75) is 51.4 Å². The second kappa shape index (κ2) is 9.30. The number of likely N-dealkylation sites (tertiary alicyclic amines) is 1. The van der Waals surface area contributed by atoms with Crippen LogP contribution >= 0.6 is 0 Å². The molecule has 5 unspecified atom stereocenters. The first-order valence-corrected chi connectivity index (χ1v) is 12.9. The summed E-state index contributed by atoms with van der Waals surface area (Å²) in [5, 5.41) is 6.43. The van der Waals surface area contributed by atoms with Gasteiger partial charge in [0.1, 0.15) is 5.54 Å². The van der Waals surface area contributed by atoms with Crippen molar-refractivity contribution in [3.05, 3.63) is 65.7 Å². The summed E-state index contributed by atoms with van der Waals surface area (Å²) in [6.45, 7) is 6.61. The molecular weight excluding hydrogens is 436 g/mol. The zero-order valence-corrected chi connectivity index (χ0v) is 21.3. The molecule has 35 heavy (non-hydrogen) atoms. The minimum Gasteiger partial charge on any atom is -0.378 e. The van der Waals surface area contributed by atoms with Crippen LogP contribution < -0.4 is 15.5 Å². The quantitative estimate of drug-likeness (QED) is 0.615. The van der Waals surface area contributed by atoms with Gasteiger partial charge >= 0.3 is 0 Å². The highest BCUT2D eigenvalue weighted by atomic mass is 16.2. The number of rotatable bonds is 8. The number of hydrogen-bond acceptors (Lipinski definition) is 4. The summed E-state index contributed by atoms with van der Waals surface area (Å²) in [5.41, 5.74) is 2.67. The Morgan fingerprint density at radius 1 is 1.11 bits per heavy atom. The van der Waals surface area contributed by atoms with E-state index in [1.54, 1.807) is 0 Å². The Kier molecular flexibility index (Phi) is 6.34. The first-order valence-electron chi connectivity index (χ1n) is 12.9. The van der Waals surface area contributed by atoms with Gasteiger partial charge in [-0.05, 0) is 47.9 Å². The SMILES string of the molecule is CC(C)CC1C2C3C(=O)NC1(C(=O)NCc1ccccc1)CC3CN2Cc1ccc(N(C)C)cc1. The topological polar surface area (TPSA) is 64.7 Å². The summed E-state index contributed by atoms with van der Waals surface area (Å²) in [6, 6.07) is 18.8. The highest BCUT2D eigenvalue weighted by Gasteiger charge is 2.67. The van der Waals surface area contributed by atoms with Crippen molar-refractivity contribution in [1.82, 2.24) is 15.5 Å². The largest absolute Gasteiger partial charge is 0.378 e. The Morgan fingerprint density at radius 3 is 2.49 bits per heavy atom. The van der Waals surface area contributed by atoms with Crippen LogP contribution in [0.15, 0.2) is 54.6 Å². The second-order valence-electron chi connectivity index (χ2n) is 11.3. The molecule has 4 aliphatic rings. The lowest BCUT2D eigenvalue weighted by atomic mass is 9.57. The van der Waals surface area contributed by atoms with Crippen LogP contribution in [0.3, 0.4) is 0 Å². The van der Waals surface area contributed by atoms with Gasteiger partial charge in [-0.25, -0.2) is 0 Å². The molecule has 4 fully saturated rings. The summed E-state index contributed by atoms with van der Waals surface area (Å²) in [4.78, 5) is 31.8. The zero-order valence-electron chi connectivity index (χ0n) is 21.3. The minimum atomic E-state index is -0.830. The van der Waals surface area contributed by atoms with Crippen LogP contribution in [0.25, 0.3) is 0 Å². The van der Waals surface area contributed by atoms with E-state index >= 15 is 0 Å². The van der Waals surface area contributed by atoms with Gasteiger partial charge in [0, 0.05) is 51.4 Å². The molecule has 0 aromatic heterocycles. The van der Waals surface area contributed by atoms with Crippen LogP contribution in [0.1, 0.15) is 37.8 Å². The van der Waals surface area contributed by atoms with E-state index in [1.165, 1.54) is 11.3 Å². The van der Waals surface area contributed by atoms with E-state index in [0.29, 0.717) is 12.5 Å². The van der Waals surface area contributed by atoms with Crippen LogP contribution in [0.2, 0.25) is 0 Å². The Labute approximate surface area is 209 Å². The summed E-state index contributed by atoms with van der Waals surface area (Å²) < 4.78 is 0. The smallest absolute Gasteiger partial charge is 0.246 e. The number of benzene rings is 2. The van der Waals surface area contributed by atoms with Crippen molar-refractivity contribution in [3.63, 3.8) is 0 Å². The monoisotopic (exact) mass is 474 g/mol. The van der Waals surface area contributed by atoms with Crippen LogP contribution in [0.5, 0.6) is 0 Å². The molecule has 3 aliphatic heterocycles. The van der Waals surface area contributed by atoms with E-state index in [4.69, 9.17) is 0 Å². The third-order valence-corrected chi connectivity index (χ3v) is 8.31. The number of fused-ring (bicyclic) bond motifs is 1. The molecule has 5 atom stereocenters. The highest BCUT2D eigenvalue weighted by molar-refractivity contribution is 5.96. The van der Waals surface area contributed by atoms with Gasteiger partial charge in [0.15, 0.2) is 0 Å². The van der Waals surface area contributed by atoms with E-state index in [9.17, 15) is 9.59 Å². The van der Waals surface area contributed by atoms with Gasteiger partial charge in [0.05, 0.1) is 5.92 Å². The van der Waals surface area contributed by atoms with E-state index in [-0.39, 0.29) is 35.6 Å². The summed E-state index contributed by atoms with van der Waals surface area (Å²) in [7, 11) is 4.10. The van der Waals surface area contributed by atoms with E-state index in [2.05, 4.69) is 58.5 Å². The summed E-state index contributed by atoms with van der Waals surface area (Å²) in [6.07, 6.45) is 1.65. The first-order chi connectivity index (χ1) is 16.8. The lowest BCUT2D eigenvalue weighted by molar-refractivity contribution is -0.155. The lowest BCUT2D eigenvalue weighted by Crippen LogP contribution is -2.75. The third kappa shape index (κ3) is 4.33. The standard InChI is InChI=1S/C29H38N4O2/c1-19(2)14-24-26-25-22(18-33(26)17-21-10-12-23(13-11-21)32(3)4)15-29(24,31-27(25)34)28(35)30-16-20-8-6-5-7-9-20/h5-13,19,22,24-26H,14-18H2,1-4H3,(H,30,35)(H,31,34). The zero-order chi connectivity index (χ0) is 24.7. The van der Waals surface area contributed by atoms with Crippen LogP contribution in [0.4, 0.5) is 5.69 Å². The van der Waals surface area contributed by atoms with Crippen molar-refractivity contribution in [2.75, 3.05) is 25.5 Å². The molecule has 2 amide bonds. The molecule has 2 aromatic rings. The van der Waals surface area contributed by atoms with Crippen molar-refractivity contribution < 1.29 is 9.59 Å². The van der Waals surface area contributed by atoms with E-state index < -0.39 is 5.54 Å². The average molecular weight is 475 g/mol. The van der Waals surface area contributed by atoms with Gasteiger partial charge in [0.2, 0.25) is 11.8 Å². The minimum absolute atomic E-state index is 0.0225. The number of amides is 2. The Bertz CT molecular complexity index is 1070. The number of carbonyl (C=O) groups is 2. The average Bonchev–Trinajstić information content (AvgIpc) is 3.14. The highest BCUT2D eigenvalue weighted by Crippen LogP contribution is 2.54. The Hall–Kier alpha value is -2.86. The third-order valence-electron chi connectivity index (χ3n) is 8.31. The number of nitrogens with one attached hydrogen (secondary N) is 2. The van der Waals surface area contributed by atoms with Crippen molar-refractivity contribution in [2.24, 2.45) is 23.7 Å². The molecule has 6 nitrogen and oxygen atoms in total. The molecule has 2 N–H and O–H groups in total. The molecular formula is C29H38N4O2. The molecule has 1 saturated carbocycles. The number of hydrogen-bond donors (Lipinski definition) is 2. The van der Waals surface area contributed by atoms with Gasteiger partial charge in [0.25, 0.3) is 0 Å². The maximum Gasteiger partial charge on any atom is 0.246 e. The molecule has 6 rings (SSSR count). The van der Waals surface area contributed by atoms with Gasteiger partial charge < -0.3 is 15.5 Å². The molecule has 3 heterocycles. The maximum absolute atomic E-state index is 13.8. The summed E-state index contributed by atoms with van der Waals surface area (Å²) >= 11 is 0. The van der Waals surface area contributed by atoms with Gasteiger partial charge in [-0.3, -0.25) is 14.5 Å². The van der Waals surface area contributed by atoms with Gasteiger partial charge in [-0.1, -0.05) is 56.3 Å². The Balaban J connectivity index is 1.41. The maximum atomic E-state index is 13.8. The number of carbonyl (C=O) groups excluding carboxylic acids is 2. The van der Waals surface area contributed by atoms with E-state index in [1.807, 2.05) is 44.4 Å². The lowest BCUT2D eigenvalue weighted by Gasteiger charge is -2.55. The Morgan fingerprint density at radius 2 is 1.83 bits per heavy atom. The number of nitrogens with zero attached hydrogens (tertiary/aromatic N) is 2. The molecule has 4 bridgehead atoms. The molecule has 6 heteroatoms. The van der Waals surface area contributed by atoms with Gasteiger partial charge in [-0.2, -0.15) is 0 Å². The normalized spacial score (nSPS) is 29.3. The predicted octanol–water partition coefficient (Wildman–Crippen LogP) is 3.42. The van der Waals surface area contributed by atoms with Crippen LogP contribution in [-0.2, 0) is 22.7 Å². The van der Waals surface area contributed by atoms with E-state index in [0.717, 1.165) is 31.5 Å². The number of piperidine rings is 2. The molecule has 3 saturated heterocycles. The van der Waals surface area contributed by atoms with Crippen molar-refractivity contribution in [3.8, 4) is 0 Å². The fraction of sp³-hybridized carbons (Fsp3) is 0.517. The molecule has 186 valence electrons. The molecule has 0 spiro atoms. The summed E-state index contributed by atoms with van der Waals surface area (Å²) in [5.74, 6) is 0.776. The van der Waals surface area contributed by atoms with Crippen molar-refractivity contribution in [1.29, 1.82) is 0 Å². The molecule has 0 radical (unpaired) electrons. The predicted molar refractivity (Wildman–Crippen MR) is 139 cm³/mol. The number of anilines is 1. The van der Waals surface area contributed by atoms with Crippen molar-refractivity contribution >= 4 is 17.5 Å². The second-order valence-corrected chi connectivity index (χ2v) is 11.3. The molecule has 2 aromatic carbocycles. The van der Waals surface area contributed by atoms with Crippen LogP contribution in [-0.4, -0.2) is 48.9 Å². The fourth-order valence-electron chi connectivity index (χ4n) is 6.82. The first kappa shape index (κ1) is 23.9. The fourth-order valence-corrected chi connectivity index (χ4v) is 6.82. The van der Waals surface area contributed by atoms with Crippen LogP contribution in [0, 0.1) is 23.7 Å². The van der Waals surface area contributed by atoms with Gasteiger partial charge in [-0.15, -0.1) is 0 Å².